The summed E-state index contributed by atoms with van der Waals surface area (Å²) in [6.07, 6.45) is 2.41. The molecule has 0 aromatic heterocycles. The maximum Gasteiger partial charge on any atom is 0.306 e. The van der Waals surface area contributed by atoms with Crippen LogP contribution in [0.15, 0.2) is 72.8 Å². The quantitative estimate of drug-likeness (QED) is 0.209. The maximum atomic E-state index is 13.8. The number of benzene rings is 3. The van der Waals surface area contributed by atoms with Gasteiger partial charge in [0.25, 0.3) is 0 Å². The molecule has 1 aliphatic rings. The highest BCUT2D eigenvalue weighted by Crippen LogP contribution is 2.36. The summed E-state index contributed by atoms with van der Waals surface area (Å²) in [5.74, 6) is -1.52. The molecule has 3 aromatic rings. The highest BCUT2D eigenvalue weighted by atomic mass is 19.1. The number of rotatable bonds is 16. The summed E-state index contributed by atoms with van der Waals surface area (Å²) in [7, 11) is 0. The van der Waals surface area contributed by atoms with Gasteiger partial charge >= 0.3 is 5.97 Å². The lowest BCUT2D eigenvalue weighted by Gasteiger charge is -2.30. The molecule has 8 heteroatoms. The second-order valence-corrected chi connectivity index (χ2v) is 11.6. The summed E-state index contributed by atoms with van der Waals surface area (Å²) in [5, 5.41) is 3.31. The normalized spacial score (nSPS) is 15.0. The number of halogens is 2. The minimum atomic E-state index is -0.769. The van der Waals surface area contributed by atoms with Crippen LogP contribution < -0.4 is 11.1 Å². The molecule has 0 aliphatic heterocycles. The second-order valence-electron chi connectivity index (χ2n) is 11.6. The standard InChI is InChI=1S/C35H43F2N3O3/c1-3-25-10-7-11-27(16-25)21-39-22-33(32(38)19-28-17-30(36)20-31(37)18-28)43-35(42)15-14-34(41)40(24(2)29-12-13-29)23-26-8-5-4-6-9-26/h4-11,16-18,20,24,29,32-33,39H,3,12-15,19,21-23,38H2,1-2H3/t24?,32-,33+/m0/s1. The van der Waals surface area contributed by atoms with Gasteiger partial charge in [0.1, 0.15) is 17.7 Å². The zero-order valence-corrected chi connectivity index (χ0v) is 25.1. The number of nitrogens with two attached hydrogens (primary N) is 1. The third-order valence-corrected chi connectivity index (χ3v) is 8.08. The summed E-state index contributed by atoms with van der Waals surface area (Å²) in [6, 6.07) is 20.7. The zero-order chi connectivity index (χ0) is 30.8. The van der Waals surface area contributed by atoms with Crippen molar-refractivity contribution in [2.75, 3.05) is 6.54 Å². The molecule has 0 spiro atoms. The highest BCUT2D eigenvalue weighted by molar-refractivity contribution is 5.81. The lowest BCUT2D eigenvalue weighted by Crippen LogP contribution is -2.46. The zero-order valence-electron chi connectivity index (χ0n) is 25.1. The van der Waals surface area contributed by atoms with Crippen LogP contribution in [0.25, 0.3) is 0 Å². The first-order valence-electron chi connectivity index (χ1n) is 15.2. The van der Waals surface area contributed by atoms with Gasteiger partial charge in [-0.25, -0.2) is 8.78 Å². The van der Waals surface area contributed by atoms with Gasteiger partial charge in [0.15, 0.2) is 0 Å². The first kappa shape index (κ1) is 32.3. The molecule has 0 heterocycles. The Morgan fingerprint density at radius 2 is 1.60 bits per heavy atom. The van der Waals surface area contributed by atoms with Crippen LogP contribution in [0.5, 0.6) is 0 Å². The smallest absolute Gasteiger partial charge is 0.306 e. The molecular formula is C35H43F2N3O3. The van der Waals surface area contributed by atoms with Crippen LogP contribution in [0.4, 0.5) is 8.78 Å². The Morgan fingerprint density at radius 1 is 0.930 bits per heavy atom. The Kier molecular flexibility index (Phi) is 11.8. The molecule has 1 aliphatic carbocycles. The van der Waals surface area contributed by atoms with E-state index in [0.29, 0.717) is 24.6 Å². The molecule has 6 nitrogen and oxygen atoms in total. The van der Waals surface area contributed by atoms with Gasteiger partial charge in [0.05, 0.1) is 6.42 Å². The van der Waals surface area contributed by atoms with Crippen molar-refractivity contribution in [1.29, 1.82) is 0 Å². The number of carbonyl (C=O) groups excluding carboxylic acids is 2. The minimum Gasteiger partial charge on any atom is -0.459 e. The van der Waals surface area contributed by atoms with E-state index in [0.717, 1.165) is 36.5 Å². The molecule has 1 saturated carbocycles. The van der Waals surface area contributed by atoms with Crippen molar-refractivity contribution < 1.29 is 23.1 Å². The second kappa shape index (κ2) is 15.7. The number of amides is 1. The van der Waals surface area contributed by atoms with Gasteiger partial charge in [0, 0.05) is 44.2 Å². The van der Waals surface area contributed by atoms with Crippen LogP contribution >= 0.6 is 0 Å². The average Bonchev–Trinajstić information content (AvgIpc) is 3.84. The van der Waals surface area contributed by atoms with Crippen molar-refractivity contribution in [2.45, 2.75) is 83.6 Å². The molecule has 1 unspecified atom stereocenters. The topological polar surface area (TPSA) is 84.7 Å². The summed E-state index contributed by atoms with van der Waals surface area (Å²) >= 11 is 0. The van der Waals surface area contributed by atoms with E-state index >= 15 is 0 Å². The Morgan fingerprint density at radius 3 is 2.28 bits per heavy atom. The van der Waals surface area contributed by atoms with Crippen LogP contribution in [0.3, 0.4) is 0 Å². The SMILES string of the molecule is CCc1cccc(CNC[C@@H](OC(=O)CCC(=O)N(Cc2ccccc2)C(C)C2CC2)[C@@H](N)Cc2cc(F)cc(F)c2)c1. The minimum absolute atomic E-state index is 0.0248. The molecule has 0 saturated heterocycles. The van der Waals surface area contributed by atoms with E-state index in [1.807, 2.05) is 47.4 Å². The van der Waals surface area contributed by atoms with E-state index in [2.05, 4.69) is 31.3 Å². The van der Waals surface area contributed by atoms with Gasteiger partial charge in [-0.15, -0.1) is 0 Å². The summed E-state index contributed by atoms with van der Waals surface area (Å²) in [6.45, 7) is 5.44. The van der Waals surface area contributed by atoms with Crippen LogP contribution in [0.2, 0.25) is 0 Å². The van der Waals surface area contributed by atoms with Gasteiger partial charge in [-0.05, 0) is 72.9 Å². The molecule has 1 amide bonds. The van der Waals surface area contributed by atoms with Gasteiger partial charge < -0.3 is 20.7 Å². The van der Waals surface area contributed by atoms with E-state index in [9.17, 15) is 18.4 Å². The van der Waals surface area contributed by atoms with Crippen molar-refractivity contribution in [3.63, 3.8) is 0 Å². The van der Waals surface area contributed by atoms with Gasteiger partial charge in [-0.2, -0.15) is 0 Å². The number of nitrogens with one attached hydrogen (secondary N) is 1. The summed E-state index contributed by atoms with van der Waals surface area (Å²) < 4.78 is 33.4. The lowest BCUT2D eigenvalue weighted by atomic mass is 10.0. The van der Waals surface area contributed by atoms with Crippen molar-refractivity contribution in [3.05, 3.63) is 107 Å². The molecule has 0 radical (unpaired) electrons. The molecule has 3 N–H and O–H groups in total. The molecule has 1 fully saturated rings. The maximum absolute atomic E-state index is 13.8. The third-order valence-electron chi connectivity index (χ3n) is 8.08. The molecule has 43 heavy (non-hydrogen) atoms. The largest absolute Gasteiger partial charge is 0.459 e. The number of ether oxygens (including phenoxy) is 1. The Hall–Kier alpha value is -3.62. The monoisotopic (exact) mass is 591 g/mol. The van der Waals surface area contributed by atoms with E-state index in [1.165, 1.54) is 17.7 Å². The van der Waals surface area contributed by atoms with Crippen LogP contribution in [-0.2, 0) is 40.3 Å². The molecule has 3 atom stereocenters. The first-order valence-corrected chi connectivity index (χ1v) is 15.2. The van der Waals surface area contributed by atoms with Crippen molar-refractivity contribution in [2.24, 2.45) is 11.7 Å². The molecule has 4 rings (SSSR count). The highest BCUT2D eigenvalue weighted by Gasteiger charge is 2.34. The summed E-state index contributed by atoms with van der Waals surface area (Å²) in [5.41, 5.74) is 10.2. The van der Waals surface area contributed by atoms with E-state index in [4.69, 9.17) is 10.5 Å². The third kappa shape index (κ3) is 10.3. The number of carbonyl (C=O) groups is 2. The fourth-order valence-corrected chi connectivity index (χ4v) is 5.38. The Balaban J connectivity index is 1.38. The first-order chi connectivity index (χ1) is 20.7. The van der Waals surface area contributed by atoms with E-state index in [1.54, 1.807) is 0 Å². The van der Waals surface area contributed by atoms with E-state index in [-0.39, 0.29) is 37.8 Å². The van der Waals surface area contributed by atoms with Gasteiger partial charge in [-0.1, -0.05) is 61.5 Å². The summed E-state index contributed by atoms with van der Waals surface area (Å²) in [4.78, 5) is 28.3. The number of hydrogen-bond donors (Lipinski definition) is 2. The molecule has 3 aromatic carbocycles. The number of nitrogens with zero attached hydrogens (tertiary/aromatic N) is 1. The number of aryl methyl sites for hydroxylation is 1. The Labute approximate surface area is 253 Å². The van der Waals surface area contributed by atoms with Crippen molar-refractivity contribution in [1.82, 2.24) is 10.2 Å². The van der Waals surface area contributed by atoms with E-state index < -0.39 is 29.7 Å². The molecular weight excluding hydrogens is 548 g/mol. The number of hydrogen-bond acceptors (Lipinski definition) is 5. The van der Waals surface area contributed by atoms with Crippen LogP contribution in [0.1, 0.15) is 61.8 Å². The fourth-order valence-electron chi connectivity index (χ4n) is 5.38. The van der Waals surface area contributed by atoms with Crippen LogP contribution in [0, 0.1) is 17.6 Å². The van der Waals surface area contributed by atoms with Gasteiger partial charge in [0.2, 0.25) is 5.91 Å². The Bertz CT molecular complexity index is 1330. The van der Waals surface area contributed by atoms with Gasteiger partial charge in [-0.3, -0.25) is 9.59 Å². The lowest BCUT2D eigenvalue weighted by molar-refractivity contribution is -0.152. The average molecular weight is 592 g/mol. The fraction of sp³-hybridized carbons (Fsp3) is 0.429. The van der Waals surface area contributed by atoms with Crippen molar-refractivity contribution in [3.8, 4) is 0 Å². The van der Waals surface area contributed by atoms with Crippen LogP contribution in [-0.4, -0.2) is 41.5 Å². The van der Waals surface area contributed by atoms with Crippen molar-refractivity contribution >= 4 is 11.9 Å². The molecule has 0 bridgehead atoms. The molecule has 230 valence electrons. The predicted octanol–water partition coefficient (Wildman–Crippen LogP) is 5.71. The predicted molar refractivity (Wildman–Crippen MR) is 164 cm³/mol. The number of esters is 1.